The molecular formula is C14H22N2O2. The average Bonchev–Trinajstić information content (AvgIpc) is 2.38. The van der Waals surface area contributed by atoms with E-state index in [1.165, 1.54) is 0 Å². The van der Waals surface area contributed by atoms with Crippen molar-refractivity contribution in [2.75, 3.05) is 32.6 Å². The van der Waals surface area contributed by atoms with Gasteiger partial charge < -0.3 is 15.0 Å². The minimum absolute atomic E-state index is 0.106. The predicted molar refractivity (Wildman–Crippen MR) is 74.3 cm³/mol. The lowest BCUT2D eigenvalue weighted by molar-refractivity contribution is -0.118. The molecule has 0 aliphatic heterocycles. The Labute approximate surface area is 109 Å². The number of carbonyl (C=O) groups is 1. The predicted octanol–water partition coefficient (Wildman–Crippen LogP) is 1.97. The standard InChI is InChI=1S/C14H22N2O2/c1-11-7-8-13(18-4)12(10-11)16(3)14(17)6-5-9-15-2/h7-8,10,15H,5-6,9H2,1-4H3. The van der Waals surface area contributed by atoms with Crippen molar-refractivity contribution in [1.29, 1.82) is 0 Å². The molecule has 0 radical (unpaired) electrons. The zero-order valence-corrected chi connectivity index (χ0v) is 11.6. The van der Waals surface area contributed by atoms with Gasteiger partial charge in [-0.1, -0.05) is 6.07 Å². The number of methoxy groups -OCH3 is 1. The van der Waals surface area contributed by atoms with Crippen LogP contribution >= 0.6 is 0 Å². The summed E-state index contributed by atoms with van der Waals surface area (Å²) >= 11 is 0. The molecule has 1 N–H and O–H groups in total. The van der Waals surface area contributed by atoms with E-state index < -0.39 is 0 Å². The molecular weight excluding hydrogens is 228 g/mol. The number of ether oxygens (including phenoxy) is 1. The van der Waals surface area contributed by atoms with Crippen molar-refractivity contribution in [3.05, 3.63) is 23.8 Å². The Kier molecular flexibility index (Phi) is 5.65. The van der Waals surface area contributed by atoms with Gasteiger partial charge in [-0.05, 0) is 44.6 Å². The Morgan fingerprint density at radius 1 is 1.44 bits per heavy atom. The van der Waals surface area contributed by atoms with Crippen molar-refractivity contribution in [3.63, 3.8) is 0 Å². The lowest BCUT2D eigenvalue weighted by atomic mass is 10.2. The van der Waals surface area contributed by atoms with Gasteiger partial charge in [-0.2, -0.15) is 0 Å². The van der Waals surface area contributed by atoms with Gasteiger partial charge in [-0.15, -0.1) is 0 Å². The molecule has 1 amide bonds. The zero-order chi connectivity index (χ0) is 13.5. The fourth-order valence-corrected chi connectivity index (χ4v) is 1.78. The highest BCUT2D eigenvalue weighted by Gasteiger charge is 2.14. The van der Waals surface area contributed by atoms with Crippen LogP contribution in [0, 0.1) is 6.92 Å². The zero-order valence-electron chi connectivity index (χ0n) is 11.6. The van der Waals surface area contributed by atoms with Crippen LogP contribution in [0.2, 0.25) is 0 Å². The molecule has 1 aromatic carbocycles. The fourth-order valence-electron chi connectivity index (χ4n) is 1.78. The number of benzene rings is 1. The Morgan fingerprint density at radius 2 is 2.17 bits per heavy atom. The van der Waals surface area contributed by atoms with E-state index in [0.717, 1.165) is 30.0 Å². The molecule has 4 nitrogen and oxygen atoms in total. The number of rotatable bonds is 6. The summed E-state index contributed by atoms with van der Waals surface area (Å²) in [6, 6.07) is 5.83. The van der Waals surface area contributed by atoms with Crippen molar-refractivity contribution in [3.8, 4) is 5.75 Å². The molecule has 0 saturated heterocycles. The van der Waals surface area contributed by atoms with Crippen molar-refractivity contribution in [2.24, 2.45) is 0 Å². The van der Waals surface area contributed by atoms with E-state index in [1.807, 2.05) is 32.2 Å². The maximum absolute atomic E-state index is 12.0. The van der Waals surface area contributed by atoms with E-state index >= 15 is 0 Å². The third-order valence-corrected chi connectivity index (χ3v) is 2.89. The van der Waals surface area contributed by atoms with Crippen LogP contribution in [0.4, 0.5) is 5.69 Å². The number of carbonyl (C=O) groups excluding carboxylic acids is 1. The number of hydrogen-bond donors (Lipinski definition) is 1. The quantitative estimate of drug-likeness (QED) is 0.785. The molecule has 0 spiro atoms. The van der Waals surface area contributed by atoms with Gasteiger partial charge in [-0.25, -0.2) is 0 Å². The summed E-state index contributed by atoms with van der Waals surface area (Å²) < 4.78 is 5.29. The molecule has 4 heteroatoms. The second-order valence-corrected chi connectivity index (χ2v) is 4.34. The lowest BCUT2D eigenvalue weighted by Crippen LogP contribution is -2.27. The third kappa shape index (κ3) is 3.74. The van der Waals surface area contributed by atoms with Gasteiger partial charge in [0, 0.05) is 13.5 Å². The molecule has 18 heavy (non-hydrogen) atoms. The first-order chi connectivity index (χ1) is 8.60. The molecule has 0 aliphatic carbocycles. The summed E-state index contributed by atoms with van der Waals surface area (Å²) in [6.07, 6.45) is 1.38. The van der Waals surface area contributed by atoms with E-state index in [0.29, 0.717) is 6.42 Å². The summed E-state index contributed by atoms with van der Waals surface area (Å²) in [5.41, 5.74) is 1.94. The smallest absolute Gasteiger partial charge is 0.226 e. The Balaban J connectivity index is 2.78. The Morgan fingerprint density at radius 3 is 2.78 bits per heavy atom. The first kappa shape index (κ1) is 14.5. The highest BCUT2D eigenvalue weighted by molar-refractivity contribution is 5.94. The van der Waals surface area contributed by atoms with Crippen LogP contribution in [-0.4, -0.2) is 33.7 Å². The number of hydrogen-bond acceptors (Lipinski definition) is 3. The van der Waals surface area contributed by atoms with E-state index in [-0.39, 0.29) is 5.91 Å². The van der Waals surface area contributed by atoms with Crippen molar-refractivity contribution in [1.82, 2.24) is 5.32 Å². The highest BCUT2D eigenvalue weighted by atomic mass is 16.5. The maximum atomic E-state index is 12.0. The lowest BCUT2D eigenvalue weighted by Gasteiger charge is -2.20. The average molecular weight is 250 g/mol. The number of amides is 1. The number of nitrogens with one attached hydrogen (secondary N) is 1. The van der Waals surface area contributed by atoms with Gasteiger partial charge in [-0.3, -0.25) is 4.79 Å². The van der Waals surface area contributed by atoms with Crippen LogP contribution in [0.1, 0.15) is 18.4 Å². The molecule has 0 aromatic heterocycles. The molecule has 0 aliphatic rings. The van der Waals surface area contributed by atoms with Gasteiger partial charge in [0.2, 0.25) is 5.91 Å². The molecule has 1 aromatic rings. The molecule has 100 valence electrons. The van der Waals surface area contributed by atoms with Crippen LogP contribution in [0.25, 0.3) is 0 Å². The third-order valence-electron chi connectivity index (χ3n) is 2.89. The van der Waals surface area contributed by atoms with Crippen molar-refractivity contribution in [2.45, 2.75) is 19.8 Å². The highest BCUT2D eigenvalue weighted by Crippen LogP contribution is 2.28. The van der Waals surface area contributed by atoms with Crippen LogP contribution in [0.3, 0.4) is 0 Å². The summed E-state index contributed by atoms with van der Waals surface area (Å²) in [4.78, 5) is 13.7. The summed E-state index contributed by atoms with van der Waals surface area (Å²) in [5.74, 6) is 0.833. The first-order valence-corrected chi connectivity index (χ1v) is 6.16. The van der Waals surface area contributed by atoms with Crippen LogP contribution in [0.15, 0.2) is 18.2 Å². The topological polar surface area (TPSA) is 41.6 Å². The molecule has 0 heterocycles. The number of aryl methyl sites for hydroxylation is 1. The van der Waals surface area contributed by atoms with Crippen LogP contribution in [-0.2, 0) is 4.79 Å². The van der Waals surface area contributed by atoms with Crippen molar-refractivity contribution >= 4 is 11.6 Å². The monoisotopic (exact) mass is 250 g/mol. The summed E-state index contributed by atoms with van der Waals surface area (Å²) in [5, 5.41) is 3.04. The SMILES string of the molecule is CNCCCC(=O)N(C)c1cc(C)ccc1OC. The molecule has 0 fully saturated rings. The minimum Gasteiger partial charge on any atom is -0.495 e. The van der Waals surface area contributed by atoms with Gasteiger partial charge in [0.25, 0.3) is 0 Å². The van der Waals surface area contributed by atoms with Gasteiger partial charge in [0.15, 0.2) is 0 Å². The first-order valence-electron chi connectivity index (χ1n) is 6.16. The minimum atomic E-state index is 0.106. The number of anilines is 1. The Hall–Kier alpha value is -1.55. The fraction of sp³-hybridized carbons (Fsp3) is 0.500. The van der Waals surface area contributed by atoms with E-state index in [9.17, 15) is 4.79 Å². The summed E-state index contributed by atoms with van der Waals surface area (Å²) in [7, 11) is 5.30. The van der Waals surface area contributed by atoms with Crippen LogP contribution in [0.5, 0.6) is 5.75 Å². The van der Waals surface area contributed by atoms with E-state index in [4.69, 9.17) is 4.74 Å². The maximum Gasteiger partial charge on any atom is 0.226 e. The van der Waals surface area contributed by atoms with Crippen molar-refractivity contribution < 1.29 is 9.53 Å². The molecule has 1 rings (SSSR count). The van der Waals surface area contributed by atoms with Gasteiger partial charge in [0.1, 0.15) is 5.75 Å². The number of nitrogens with zero attached hydrogens (tertiary/aromatic N) is 1. The van der Waals surface area contributed by atoms with Crippen LogP contribution < -0.4 is 15.0 Å². The largest absolute Gasteiger partial charge is 0.495 e. The van der Waals surface area contributed by atoms with Gasteiger partial charge >= 0.3 is 0 Å². The second kappa shape index (κ2) is 7.01. The molecule has 0 saturated carbocycles. The summed E-state index contributed by atoms with van der Waals surface area (Å²) in [6.45, 7) is 2.85. The molecule has 0 bridgehead atoms. The Bertz CT molecular complexity index is 405. The molecule has 0 unspecified atom stereocenters. The van der Waals surface area contributed by atoms with E-state index in [2.05, 4.69) is 5.32 Å². The second-order valence-electron chi connectivity index (χ2n) is 4.34. The van der Waals surface area contributed by atoms with Gasteiger partial charge in [0.05, 0.1) is 12.8 Å². The molecule has 0 atom stereocenters. The normalized spacial score (nSPS) is 10.2. The van der Waals surface area contributed by atoms with E-state index in [1.54, 1.807) is 19.1 Å².